The Balaban J connectivity index is 1.91. The van der Waals surface area contributed by atoms with E-state index in [9.17, 15) is 38.1 Å². The number of aryl methyl sites for hydroxylation is 1. The van der Waals surface area contributed by atoms with E-state index in [1.807, 2.05) is 4.90 Å². The molecule has 2 unspecified atom stereocenters. The molecule has 206 valence electrons. The van der Waals surface area contributed by atoms with Crippen molar-refractivity contribution >= 4 is 28.5 Å². The number of aromatic nitrogens is 1. The molecular formula is C23H31F3N4O6S. The van der Waals surface area contributed by atoms with E-state index in [0.717, 1.165) is 6.07 Å². The minimum Gasteiger partial charge on any atom is -0.477 e. The molecule has 2 rings (SSSR count). The number of aromatic carboxylic acids is 1. The molecule has 1 aromatic heterocycles. The number of carbonyl (C=O) groups is 2. The van der Waals surface area contributed by atoms with Gasteiger partial charge in [-0.15, -0.1) is 0 Å². The fourth-order valence-electron chi connectivity index (χ4n) is 3.49. The van der Waals surface area contributed by atoms with Crippen LogP contribution in [0.3, 0.4) is 0 Å². The number of halogens is 3. The third kappa shape index (κ3) is 9.14. The molecule has 5 N–H and O–H groups in total. The molecule has 0 aliphatic rings. The average molecular weight is 549 g/mol. The van der Waals surface area contributed by atoms with Gasteiger partial charge in [-0.3, -0.25) is 10.2 Å². The number of urea groups is 1. The van der Waals surface area contributed by atoms with Gasteiger partial charge in [-0.05, 0) is 63.3 Å². The largest absolute Gasteiger partial charge is 0.477 e. The molecule has 0 radical (unpaired) electrons. The van der Waals surface area contributed by atoms with Crippen molar-refractivity contribution in [3.8, 4) is 5.88 Å². The second kappa shape index (κ2) is 14.1. The van der Waals surface area contributed by atoms with Crippen LogP contribution in [-0.4, -0.2) is 75.0 Å². The Bertz CT molecular complexity index is 1070. The van der Waals surface area contributed by atoms with Gasteiger partial charge >= 0.3 is 12.0 Å². The molecule has 2 atom stereocenters. The molecule has 0 fully saturated rings. The van der Waals surface area contributed by atoms with Crippen molar-refractivity contribution in [3.63, 3.8) is 0 Å². The molecular weight excluding hydrogens is 517 g/mol. The minimum absolute atomic E-state index is 0.156. The molecule has 2 aromatic rings. The number of carbonyl (C=O) groups excluding carboxylic acids is 1. The number of rotatable bonds is 14. The number of unbranched alkanes of at least 4 members (excludes halogenated alkanes) is 1. The van der Waals surface area contributed by atoms with Crippen LogP contribution in [0, 0.1) is 24.4 Å². The van der Waals surface area contributed by atoms with E-state index >= 15 is 0 Å². The van der Waals surface area contributed by atoms with Crippen LogP contribution in [0.1, 0.15) is 48.2 Å². The number of anilines is 1. The zero-order valence-corrected chi connectivity index (χ0v) is 21.5. The van der Waals surface area contributed by atoms with Crippen molar-refractivity contribution in [2.75, 3.05) is 31.5 Å². The summed E-state index contributed by atoms with van der Waals surface area (Å²) in [5, 5.41) is 33.4. The molecule has 0 saturated heterocycles. The number of ether oxygens (including phenoxy) is 1. The Morgan fingerprint density at radius 2 is 1.78 bits per heavy atom. The SMILES string of the molecule is Cc1cc(F)c(COc2nsc(NC(=O)NCCCCN(CC(C)O)CC(C)O)c2C(=O)O)c(F)c1F. The predicted octanol–water partition coefficient (Wildman–Crippen LogP) is 3.11. The Morgan fingerprint density at radius 3 is 2.38 bits per heavy atom. The summed E-state index contributed by atoms with van der Waals surface area (Å²) in [5.74, 6) is -5.71. The first kappa shape index (κ1) is 30.3. The van der Waals surface area contributed by atoms with Gasteiger partial charge in [0.1, 0.15) is 17.4 Å². The van der Waals surface area contributed by atoms with E-state index in [0.29, 0.717) is 44.0 Å². The number of nitrogens with zero attached hydrogens (tertiary/aromatic N) is 2. The topological polar surface area (TPSA) is 144 Å². The van der Waals surface area contributed by atoms with Crippen molar-refractivity contribution in [1.29, 1.82) is 0 Å². The number of aliphatic hydroxyl groups excluding tert-OH is 2. The number of benzene rings is 1. The van der Waals surface area contributed by atoms with Crippen LogP contribution >= 0.6 is 11.5 Å². The summed E-state index contributed by atoms with van der Waals surface area (Å²) in [5.41, 5.74) is -1.46. The van der Waals surface area contributed by atoms with Gasteiger partial charge in [0.15, 0.2) is 17.2 Å². The predicted molar refractivity (Wildman–Crippen MR) is 131 cm³/mol. The monoisotopic (exact) mass is 548 g/mol. The Labute approximate surface area is 216 Å². The van der Waals surface area contributed by atoms with Gasteiger partial charge in [0, 0.05) is 19.6 Å². The van der Waals surface area contributed by atoms with Crippen molar-refractivity contribution in [1.82, 2.24) is 14.6 Å². The first-order chi connectivity index (χ1) is 17.4. The molecule has 0 saturated carbocycles. The van der Waals surface area contributed by atoms with Crippen LogP contribution in [0.25, 0.3) is 0 Å². The first-order valence-corrected chi connectivity index (χ1v) is 12.3. The molecule has 0 bridgehead atoms. The number of amides is 2. The van der Waals surface area contributed by atoms with Crippen molar-refractivity contribution in [2.24, 2.45) is 0 Å². The highest BCUT2D eigenvalue weighted by Gasteiger charge is 2.25. The van der Waals surface area contributed by atoms with Gasteiger partial charge in [-0.1, -0.05) is 0 Å². The third-order valence-corrected chi connectivity index (χ3v) is 5.87. The molecule has 1 heterocycles. The summed E-state index contributed by atoms with van der Waals surface area (Å²) in [6.07, 6.45) is 0.160. The number of aliphatic hydroxyl groups is 2. The van der Waals surface area contributed by atoms with Crippen LogP contribution in [-0.2, 0) is 6.61 Å². The van der Waals surface area contributed by atoms with Crippen molar-refractivity contribution in [2.45, 2.75) is 52.4 Å². The lowest BCUT2D eigenvalue weighted by molar-refractivity contribution is 0.0692. The van der Waals surface area contributed by atoms with Crippen molar-refractivity contribution < 1.29 is 42.8 Å². The average Bonchev–Trinajstić information content (AvgIpc) is 3.18. The quantitative estimate of drug-likeness (QED) is 0.179. The molecule has 14 heteroatoms. The Kier molecular flexibility index (Phi) is 11.6. The minimum atomic E-state index is -1.49. The maximum Gasteiger partial charge on any atom is 0.344 e. The van der Waals surface area contributed by atoms with Crippen LogP contribution in [0.5, 0.6) is 5.88 Å². The summed E-state index contributed by atoms with van der Waals surface area (Å²) in [6.45, 7) is 5.38. The summed E-state index contributed by atoms with van der Waals surface area (Å²) in [7, 11) is 0. The summed E-state index contributed by atoms with van der Waals surface area (Å²) in [4.78, 5) is 25.9. The van der Waals surface area contributed by atoms with E-state index in [4.69, 9.17) is 4.74 Å². The number of hydrogen-bond acceptors (Lipinski definition) is 8. The molecule has 2 amide bonds. The van der Waals surface area contributed by atoms with Gasteiger partial charge in [0.25, 0.3) is 0 Å². The highest BCUT2D eigenvalue weighted by molar-refractivity contribution is 7.11. The summed E-state index contributed by atoms with van der Waals surface area (Å²) in [6, 6.07) is 0.103. The number of carboxylic acids is 1. The zero-order valence-electron chi connectivity index (χ0n) is 20.7. The van der Waals surface area contributed by atoms with Crippen LogP contribution in [0.4, 0.5) is 23.0 Å². The fourth-order valence-corrected chi connectivity index (χ4v) is 4.21. The highest BCUT2D eigenvalue weighted by Crippen LogP contribution is 2.31. The standard InChI is InChI=1S/C23H31F3N4O6S/c1-12-8-16(24)15(19(26)18(12)25)11-36-20-17(22(33)34)21(37-29-20)28-23(35)27-6-4-5-7-30(9-13(2)31)10-14(3)32/h8,13-14,31-32H,4-7,9-11H2,1-3H3,(H,33,34)(H2,27,28,35). The molecule has 0 spiro atoms. The molecule has 1 aromatic carbocycles. The lowest BCUT2D eigenvalue weighted by Crippen LogP contribution is -2.37. The molecule has 10 nitrogen and oxygen atoms in total. The van der Waals surface area contributed by atoms with Gasteiger partial charge in [-0.25, -0.2) is 22.8 Å². The van der Waals surface area contributed by atoms with E-state index in [1.54, 1.807) is 13.8 Å². The lowest BCUT2D eigenvalue weighted by atomic mass is 10.1. The van der Waals surface area contributed by atoms with Crippen LogP contribution in [0.2, 0.25) is 0 Å². The van der Waals surface area contributed by atoms with Crippen LogP contribution in [0.15, 0.2) is 6.07 Å². The van der Waals surface area contributed by atoms with Crippen molar-refractivity contribution in [3.05, 3.63) is 40.2 Å². The van der Waals surface area contributed by atoms with Gasteiger partial charge < -0.3 is 25.4 Å². The van der Waals surface area contributed by atoms with Gasteiger partial charge in [0.05, 0.1) is 17.8 Å². The van der Waals surface area contributed by atoms with Crippen LogP contribution < -0.4 is 15.4 Å². The number of hydrogen-bond donors (Lipinski definition) is 5. The smallest absolute Gasteiger partial charge is 0.344 e. The van der Waals surface area contributed by atoms with E-state index in [-0.39, 0.29) is 17.1 Å². The van der Waals surface area contributed by atoms with E-state index < -0.39 is 65.3 Å². The normalized spacial score (nSPS) is 12.9. The van der Waals surface area contributed by atoms with E-state index in [2.05, 4.69) is 15.0 Å². The fraction of sp³-hybridized carbons (Fsp3) is 0.522. The molecule has 37 heavy (non-hydrogen) atoms. The molecule has 0 aliphatic carbocycles. The third-order valence-electron chi connectivity index (χ3n) is 5.12. The van der Waals surface area contributed by atoms with E-state index in [1.165, 1.54) is 6.92 Å². The molecule has 0 aliphatic heterocycles. The Hall–Kier alpha value is -2.94. The Morgan fingerprint density at radius 1 is 1.14 bits per heavy atom. The maximum atomic E-state index is 14.1. The lowest BCUT2D eigenvalue weighted by Gasteiger charge is -2.24. The number of carboxylic acid groups (broad SMARTS) is 1. The second-order valence-electron chi connectivity index (χ2n) is 8.61. The van der Waals surface area contributed by atoms with Gasteiger partial charge in [0.2, 0.25) is 5.88 Å². The number of nitrogens with one attached hydrogen (secondary N) is 2. The zero-order chi connectivity index (χ0) is 27.7. The first-order valence-electron chi connectivity index (χ1n) is 11.5. The highest BCUT2D eigenvalue weighted by atomic mass is 32.1. The maximum absolute atomic E-state index is 14.1. The summed E-state index contributed by atoms with van der Waals surface area (Å²) >= 11 is 0.598. The second-order valence-corrected chi connectivity index (χ2v) is 9.39. The van der Waals surface area contributed by atoms with Gasteiger partial charge in [-0.2, -0.15) is 4.37 Å². The summed E-state index contributed by atoms with van der Waals surface area (Å²) < 4.78 is 50.8.